The molecular weight excluding hydrogens is 368 g/mol. The lowest BCUT2D eigenvalue weighted by Gasteiger charge is -2.26. The van der Waals surface area contributed by atoms with Gasteiger partial charge in [-0.1, -0.05) is 24.3 Å². The maximum atomic E-state index is 12.6. The first kappa shape index (κ1) is 18.8. The number of rotatable bonds is 4. The first-order valence-corrected chi connectivity index (χ1v) is 11.5. The van der Waals surface area contributed by atoms with Crippen LogP contribution in [-0.4, -0.2) is 32.5 Å². The molecular formula is C22H24N2O3Si. The normalized spacial score (nSPS) is 14.9. The lowest BCUT2D eigenvalue weighted by molar-refractivity contribution is 0.0904. The molecule has 0 spiro atoms. The highest BCUT2D eigenvalue weighted by molar-refractivity contribution is 6.58. The van der Waals surface area contributed by atoms with E-state index in [1.807, 2.05) is 48.7 Å². The monoisotopic (exact) mass is 392 g/mol. The van der Waals surface area contributed by atoms with Crippen LogP contribution in [0.5, 0.6) is 0 Å². The van der Waals surface area contributed by atoms with Crippen molar-refractivity contribution in [3.8, 4) is 11.1 Å². The van der Waals surface area contributed by atoms with Crippen LogP contribution in [0.1, 0.15) is 12.8 Å². The third kappa shape index (κ3) is 3.57. The summed E-state index contributed by atoms with van der Waals surface area (Å²) < 4.78 is 19.3. The van der Waals surface area contributed by atoms with E-state index in [1.165, 1.54) is 0 Å². The van der Waals surface area contributed by atoms with Crippen molar-refractivity contribution in [3.63, 3.8) is 0 Å². The van der Waals surface area contributed by atoms with E-state index in [4.69, 9.17) is 4.74 Å². The molecule has 28 heavy (non-hydrogen) atoms. The van der Waals surface area contributed by atoms with Gasteiger partial charge in [-0.3, -0.25) is 4.79 Å². The van der Waals surface area contributed by atoms with E-state index in [-0.39, 0.29) is 5.56 Å². The van der Waals surface area contributed by atoms with Gasteiger partial charge in [0.05, 0.1) is 0 Å². The Kier molecular flexibility index (Phi) is 5.24. The Balaban J connectivity index is 1.91. The fourth-order valence-electron chi connectivity index (χ4n) is 3.80. The van der Waals surface area contributed by atoms with Gasteiger partial charge >= 0.3 is 8.68 Å². The van der Waals surface area contributed by atoms with Crippen molar-refractivity contribution in [2.24, 2.45) is 7.05 Å². The third-order valence-electron chi connectivity index (χ3n) is 5.39. The Labute approximate surface area is 165 Å². The lowest BCUT2D eigenvalue weighted by Crippen LogP contribution is -2.28. The van der Waals surface area contributed by atoms with Gasteiger partial charge in [-0.25, -0.2) is 0 Å². The number of aryl methyl sites for hydroxylation is 1. The number of hydrogen-bond acceptors (Lipinski definition) is 4. The van der Waals surface area contributed by atoms with Crippen LogP contribution >= 0.6 is 0 Å². The van der Waals surface area contributed by atoms with Crippen LogP contribution in [-0.2, 0) is 16.2 Å². The number of pyridine rings is 1. The second-order valence-electron chi connectivity index (χ2n) is 7.35. The Hall–Kier alpha value is -2.57. The second kappa shape index (κ2) is 7.81. The molecule has 0 atom stereocenters. The number of anilines is 1. The summed E-state index contributed by atoms with van der Waals surface area (Å²) in [6.07, 6.45) is 3.80. The van der Waals surface area contributed by atoms with Gasteiger partial charge in [-0.15, -0.1) is 0 Å². The number of fused-ring (bicyclic) bond motifs is 1. The van der Waals surface area contributed by atoms with Crippen molar-refractivity contribution >= 4 is 30.3 Å². The van der Waals surface area contributed by atoms with Crippen LogP contribution in [0, 0.1) is 0 Å². The van der Waals surface area contributed by atoms with E-state index < -0.39 is 8.68 Å². The van der Waals surface area contributed by atoms with Crippen LogP contribution < -0.4 is 16.1 Å². The van der Waals surface area contributed by atoms with Crippen molar-refractivity contribution in [2.75, 3.05) is 18.5 Å². The van der Waals surface area contributed by atoms with E-state index in [0.29, 0.717) is 11.4 Å². The summed E-state index contributed by atoms with van der Waals surface area (Å²) in [5.41, 5.74) is 2.94. The number of benzene rings is 2. The molecule has 0 unspecified atom stereocenters. The van der Waals surface area contributed by atoms with Gasteiger partial charge in [0.25, 0.3) is 5.56 Å². The smallest absolute Gasteiger partial charge is 0.308 e. The van der Waals surface area contributed by atoms with Gasteiger partial charge in [0.2, 0.25) is 0 Å². The topological polar surface area (TPSA) is 60.3 Å². The SMILES string of the molecule is Cn1cc(-c2cc([Si](C)=O)ccc2NC2CCOCC2)c2ccccc2c1=O. The Morgan fingerprint density at radius 2 is 1.79 bits per heavy atom. The minimum Gasteiger partial charge on any atom is -0.383 e. The summed E-state index contributed by atoms with van der Waals surface area (Å²) in [6, 6.07) is 14.0. The number of nitrogens with zero attached hydrogens (tertiary/aromatic N) is 1. The molecule has 5 nitrogen and oxygen atoms in total. The number of nitrogens with one attached hydrogen (secondary N) is 1. The van der Waals surface area contributed by atoms with Gasteiger partial charge in [-0.2, -0.15) is 0 Å². The molecule has 0 bridgehead atoms. The van der Waals surface area contributed by atoms with Gasteiger partial charge in [0.1, 0.15) is 0 Å². The Morgan fingerprint density at radius 1 is 1.07 bits per heavy atom. The molecule has 2 heterocycles. The van der Waals surface area contributed by atoms with Crippen molar-refractivity contribution in [1.29, 1.82) is 0 Å². The first-order chi connectivity index (χ1) is 13.5. The van der Waals surface area contributed by atoms with Crippen molar-refractivity contribution in [3.05, 3.63) is 59.0 Å². The molecule has 1 aliphatic rings. The largest absolute Gasteiger partial charge is 0.383 e. The molecule has 0 aliphatic carbocycles. The maximum absolute atomic E-state index is 12.6. The zero-order valence-corrected chi connectivity index (χ0v) is 17.2. The predicted molar refractivity (Wildman–Crippen MR) is 114 cm³/mol. The number of hydrogen-bond donors (Lipinski definition) is 1. The quantitative estimate of drug-likeness (QED) is 0.694. The van der Waals surface area contributed by atoms with E-state index in [9.17, 15) is 9.26 Å². The van der Waals surface area contributed by atoms with Crippen molar-refractivity contribution < 1.29 is 9.20 Å². The highest BCUT2D eigenvalue weighted by atomic mass is 28.3. The standard InChI is InChI=1S/C22H24N2O3Si/c1-24-14-20(17-5-3-4-6-18(17)22(24)25)19-13-16(28(2)26)7-8-21(19)23-15-9-11-27-12-10-15/h3-8,13-15,23H,9-12H2,1-2H3. The second-order valence-corrected chi connectivity index (χ2v) is 9.04. The summed E-state index contributed by atoms with van der Waals surface area (Å²) in [6.45, 7) is 3.28. The molecule has 0 radical (unpaired) electrons. The highest BCUT2D eigenvalue weighted by Crippen LogP contribution is 2.33. The van der Waals surface area contributed by atoms with Crippen LogP contribution in [0.15, 0.2) is 53.5 Å². The van der Waals surface area contributed by atoms with E-state index in [0.717, 1.165) is 53.4 Å². The van der Waals surface area contributed by atoms with E-state index >= 15 is 0 Å². The number of aromatic nitrogens is 1. The Bertz CT molecular complexity index is 1100. The predicted octanol–water partition coefficient (Wildman–Crippen LogP) is 3.06. The maximum Gasteiger partial charge on any atom is 0.308 e. The minimum atomic E-state index is -1.83. The summed E-state index contributed by atoms with van der Waals surface area (Å²) >= 11 is 0. The molecule has 0 saturated carbocycles. The average Bonchev–Trinajstić information content (AvgIpc) is 2.72. The lowest BCUT2D eigenvalue weighted by atomic mass is 9.98. The van der Waals surface area contributed by atoms with E-state index in [1.54, 1.807) is 18.2 Å². The molecule has 6 heteroatoms. The third-order valence-corrected chi connectivity index (χ3v) is 6.51. The van der Waals surface area contributed by atoms with Gasteiger partial charge in [0, 0.05) is 54.7 Å². The van der Waals surface area contributed by atoms with Crippen molar-refractivity contribution in [2.45, 2.75) is 25.4 Å². The molecule has 1 aromatic heterocycles. The summed E-state index contributed by atoms with van der Waals surface area (Å²) in [5, 5.41) is 6.10. The summed E-state index contributed by atoms with van der Waals surface area (Å²) in [4.78, 5) is 12.6. The number of ether oxygens (including phenoxy) is 1. The zero-order valence-electron chi connectivity index (χ0n) is 16.2. The van der Waals surface area contributed by atoms with Gasteiger partial charge in [0.15, 0.2) is 0 Å². The molecule has 1 N–H and O–H groups in total. The molecule has 3 aromatic rings. The van der Waals surface area contributed by atoms with Crippen LogP contribution in [0.25, 0.3) is 21.9 Å². The van der Waals surface area contributed by atoms with Crippen LogP contribution in [0.4, 0.5) is 5.69 Å². The van der Waals surface area contributed by atoms with E-state index in [2.05, 4.69) is 5.32 Å². The molecule has 1 saturated heterocycles. The molecule has 4 rings (SSSR count). The molecule has 1 aliphatic heterocycles. The molecule has 0 amide bonds. The molecule has 2 aromatic carbocycles. The summed E-state index contributed by atoms with van der Waals surface area (Å²) in [5.74, 6) is 0. The van der Waals surface area contributed by atoms with Gasteiger partial charge in [-0.05, 0) is 48.2 Å². The van der Waals surface area contributed by atoms with Gasteiger partial charge < -0.3 is 19.1 Å². The fourth-order valence-corrected chi connectivity index (χ4v) is 4.47. The summed E-state index contributed by atoms with van der Waals surface area (Å²) in [7, 11) is -0.0529. The highest BCUT2D eigenvalue weighted by Gasteiger charge is 2.18. The first-order valence-electron chi connectivity index (χ1n) is 9.62. The fraction of sp³-hybridized carbons (Fsp3) is 0.318. The van der Waals surface area contributed by atoms with Crippen LogP contribution in [0.2, 0.25) is 6.55 Å². The van der Waals surface area contributed by atoms with Crippen LogP contribution in [0.3, 0.4) is 0 Å². The Morgan fingerprint density at radius 3 is 2.50 bits per heavy atom. The molecule has 144 valence electrons. The van der Waals surface area contributed by atoms with Crippen molar-refractivity contribution in [1.82, 2.24) is 4.57 Å². The molecule has 1 fully saturated rings. The average molecular weight is 393 g/mol. The zero-order chi connectivity index (χ0) is 19.7. The minimum absolute atomic E-state index is 0.0153.